The first-order chi connectivity index (χ1) is 12.2. The van der Waals surface area contributed by atoms with Gasteiger partial charge in [0.1, 0.15) is 23.1 Å². The standard InChI is InChI=1S/C18H19F2NO4S/c1-12(2)25-13-6-8-14(9-7-13)26(23,24)11-10-17(22)21-18-15(19)4-3-5-16(18)20/h3-9,12H,10-11H2,1-2H3,(H,21,22). The molecule has 0 saturated heterocycles. The Morgan fingerprint density at radius 2 is 1.65 bits per heavy atom. The summed E-state index contributed by atoms with van der Waals surface area (Å²) in [4.78, 5) is 11.9. The number of amides is 1. The van der Waals surface area contributed by atoms with Crippen molar-refractivity contribution in [2.75, 3.05) is 11.1 Å². The van der Waals surface area contributed by atoms with Crippen LogP contribution >= 0.6 is 0 Å². The van der Waals surface area contributed by atoms with Gasteiger partial charge in [-0.1, -0.05) is 6.07 Å². The number of benzene rings is 2. The van der Waals surface area contributed by atoms with Gasteiger partial charge >= 0.3 is 0 Å². The SMILES string of the molecule is CC(C)Oc1ccc(S(=O)(=O)CCC(=O)Nc2c(F)cccc2F)cc1. The molecule has 2 rings (SSSR count). The smallest absolute Gasteiger partial charge is 0.225 e. The van der Waals surface area contributed by atoms with Crippen molar-refractivity contribution in [3.05, 3.63) is 54.1 Å². The summed E-state index contributed by atoms with van der Waals surface area (Å²) in [5.74, 6) is -2.60. The maximum atomic E-state index is 13.5. The quantitative estimate of drug-likeness (QED) is 0.794. The summed E-state index contributed by atoms with van der Waals surface area (Å²) in [6.07, 6.45) is -0.472. The van der Waals surface area contributed by atoms with Crippen molar-refractivity contribution in [2.45, 2.75) is 31.3 Å². The van der Waals surface area contributed by atoms with Crippen LogP contribution in [-0.4, -0.2) is 26.2 Å². The molecule has 0 aliphatic rings. The molecule has 2 aromatic carbocycles. The predicted octanol–water partition coefficient (Wildman–Crippen LogP) is 3.55. The molecule has 0 aromatic heterocycles. The van der Waals surface area contributed by atoms with E-state index >= 15 is 0 Å². The van der Waals surface area contributed by atoms with Crippen LogP contribution < -0.4 is 10.1 Å². The van der Waals surface area contributed by atoms with Crippen molar-refractivity contribution < 1.29 is 26.7 Å². The number of hydrogen-bond donors (Lipinski definition) is 1. The van der Waals surface area contributed by atoms with Crippen molar-refractivity contribution in [3.8, 4) is 5.75 Å². The molecule has 0 radical (unpaired) electrons. The minimum atomic E-state index is -3.72. The highest BCUT2D eigenvalue weighted by Gasteiger charge is 2.18. The summed E-state index contributed by atoms with van der Waals surface area (Å²) in [6.45, 7) is 3.70. The molecule has 0 aliphatic heterocycles. The number of rotatable bonds is 7. The van der Waals surface area contributed by atoms with Crippen LogP contribution in [0.2, 0.25) is 0 Å². The van der Waals surface area contributed by atoms with Gasteiger partial charge in [-0.3, -0.25) is 4.79 Å². The number of sulfone groups is 1. The van der Waals surface area contributed by atoms with Crippen LogP contribution in [0.3, 0.4) is 0 Å². The Bertz CT molecular complexity index is 860. The van der Waals surface area contributed by atoms with Crippen molar-refractivity contribution >= 4 is 21.4 Å². The normalized spacial score (nSPS) is 11.4. The van der Waals surface area contributed by atoms with E-state index in [1.54, 1.807) is 0 Å². The molecular formula is C18H19F2NO4S. The van der Waals surface area contributed by atoms with Gasteiger partial charge in [0, 0.05) is 6.42 Å². The molecule has 0 fully saturated rings. The second-order valence-electron chi connectivity index (χ2n) is 5.85. The molecule has 1 amide bonds. The molecule has 0 spiro atoms. The number of nitrogens with one attached hydrogen (secondary N) is 1. The van der Waals surface area contributed by atoms with E-state index in [9.17, 15) is 22.0 Å². The molecule has 0 aliphatic carbocycles. The molecule has 1 N–H and O–H groups in total. The summed E-state index contributed by atoms with van der Waals surface area (Å²) in [5.41, 5.74) is -0.593. The lowest BCUT2D eigenvalue weighted by Crippen LogP contribution is -2.18. The van der Waals surface area contributed by atoms with Gasteiger partial charge in [0.05, 0.1) is 16.8 Å². The Morgan fingerprint density at radius 3 is 2.19 bits per heavy atom. The molecule has 26 heavy (non-hydrogen) atoms. The zero-order chi connectivity index (χ0) is 19.3. The summed E-state index contributed by atoms with van der Waals surface area (Å²) in [6, 6.07) is 9.00. The van der Waals surface area contributed by atoms with Crippen molar-refractivity contribution in [2.24, 2.45) is 0 Å². The van der Waals surface area contributed by atoms with Gasteiger partial charge < -0.3 is 10.1 Å². The van der Waals surface area contributed by atoms with Gasteiger partial charge in [-0.2, -0.15) is 0 Å². The fourth-order valence-corrected chi connectivity index (χ4v) is 3.40. The molecule has 0 atom stereocenters. The fraction of sp³-hybridized carbons (Fsp3) is 0.278. The van der Waals surface area contributed by atoms with Crippen LogP contribution in [-0.2, 0) is 14.6 Å². The van der Waals surface area contributed by atoms with E-state index in [1.807, 2.05) is 13.8 Å². The predicted molar refractivity (Wildman–Crippen MR) is 93.9 cm³/mol. The number of carbonyl (C=O) groups is 1. The number of para-hydroxylation sites is 1. The van der Waals surface area contributed by atoms with Gasteiger partial charge in [0.15, 0.2) is 9.84 Å². The number of hydrogen-bond acceptors (Lipinski definition) is 4. The lowest BCUT2D eigenvalue weighted by Gasteiger charge is -2.11. The van der Waals surface area contributed by atoms with E-state index in [2.05, 4.69) is 5.32 Å². The maximum absolute atomic E-state index is 13.5. The Balaban J connectivity index is 2.00. The lowest BCUT2D eigenvalue weighted by molar-refractivity contribution is -0.115. The van der Waals surface area contributed by atoms with E-state index in [4.69, 9.17) is 4.74 Å². The summed E-state index contributed by atoms with van der Waals surface area (Å²) in [7, 11) is -3.72. The molecule has 0 unspecified atom stereocenters. The zero-order valence-corrected chi connectivity index (χ0v) is 15.1. The van der Waals surface area contributed by atoms with Gasteiger partial charge in [0.2, 0.25) is 5.91 Å². The van der Waals surface area contributed by atoms with Crippen LogP contribution in [0, 0.1) is 11.6 Å². The number of halogens is 2. The zero-order valence-electron chi connectivity index (χ0n) is 14.3. The first-order valence-electron chi connectivity index (χ1n) is 7.92. The Hall–Kier alpha value is -2.48. The van der Waals surface area contributed by atoms with Crippen LogP contribution in [0.25, 0.3) is 0 Å². The highest BCUT2D eigenvalue weighted by Crippen LogP contribution is 2.20. The topological polar surface area (TPSA) is 72.5 Å². The highest BCUT2D eigenvalue weighted by molar-refractivity contribution is 7.91. The van der Waals surface area contributed by atoms with Crippen LogP contribution in [0.5, 0.6) is 5.75 Å². The summed E-state index contributed by atoms with van der Waals surface area (Å²) in [5, 5.41) is 2.06. The molecule has 2 aromatic rings. The molecular weight excluding hydrogens is 364 g/mol. The minimum absolute atomic E-state index is 0.0403. The van der Waals surface area contributed by atoms with Gasteiger partial charge in [0.25, 0.3) is 0 Å². The third-order valence-electron chi connectivity index (χ3n) is 3.38. The largest absolute Gasteiger partial charge is 0.491 e. The lowest BCUT2D eigenvalue weighted by atomic mass is 10.3. The molecule has 0 saturated carbocycles. The number of ether oxygens (including phenoxy) is 1. The average Bonchev–Trinajstić information content (AvgIpc) is 2.56. The Kier molecular flexibility index (Phi) is 6.31. The van der Waals surface area contributed by atoms with Gasteiger partial charge in [-0.15, -0.1) is 0 Å². The number of carbonyl (C=O) groups excluding carboxylic acids is 1. The van der Waals surface area contributed by atoms with E-state index in [0.717, 1.165) is 18.2 Å². The molecule has 5 nitrogen and oxygen atoms in total. The monoisotopic (exact) mass is 383 g/mol. The fourth-order valence-electron chi connectivity index (χ4n) is 2.16. The molecule has 8 heteroatoms. The minimum Gasteiger partial charge on any atom is -0.491 e. The van der Waals surface area contributed by atoms with E-state index in [1.165, 1.54) is 24.3 Å². The van der Waals surface area contributed by atoms with Crippen molar-refractivity contribution in [3.63, 3.8) is 0 Å². The van der Waals surface area contributed by atoms with E-state index < -0.39 is 45.2 Å². The molecule has 0 heterocycles. The first-order valence-corrected chi connectivity index (χ1v) is 9.57. The molecule has 140 valence electrons. The van der Waals surface area contributed by atoms with E-state index in [0.29, 0.717) is 5.75 Å². The third-order valence-corrected chi connectivity index (χ3v) is 5.11. The van der Waals surface area contributed by atoms with Crippen LogP contribution in [0.1, 0.15) is 20.3 Å². The third kappa shape index (κ3) is 5.26. The average molecular weight is 383 g/mol. The van der Waals surface area contributed by atoms with Crippen LogP contribution in [0.4, 0.5) is 14.5 Å². The first kappa shape index (κ1) is 19.8. The summed E-state index contributed by atoms with van der Waals surface area (Å²) < 4.78 is 57.0. The van der Waals surface area contributed by atoms with E-state index in [-0.39, 0.29) is 11.0 Å². The molecule has 0 bridgehead atoms. The van der Waals surface area contributed by atoms with Crippen molar-refractivity contribution in [1.29, 1.82) is 0 Å². The van der Waals surface area contributed by atoms with Gasteiger partial charge in [-0.05, 0) is 50.2 Å². The second kappa shape index (κ2) is 8.27. The second-order valence-corrected chi connectivity index (χ2v) is 7.96. The summed E-state index contributed by atoms with van der Waals surface area (Å²) >= 11 is 0. The van der Waals surface area contributed by atoms with Crippen LogP contribution in [0.15, 0.2) is 47.4 Å². The maximum Gasteiger partial charge on any atom is 0.225 e. The Morgan fingerprint density at radius 1 is 1.08 bits per heavy atom. The highest BCUT2D eigenvalue weighted by atomic mass is 32.2. The Labute approximate surface area is 150 Å². The number of anilines is 1. The van der Waals surface area contributed by atoms with Gasteiger partial charge in [-0.25, -0.2) is 17.2 Å². The van der Waals surface area contributed by atoms with Crippen molar-refractivity contribution in [1.82, 2.24) is 0 Å².